The molecule has 1 aliphatic carbocycles. The molecule has 0 saturated heterocycles. The van der Waals surface area contributed by atoms with Gasteiger partial charge in [0.2, 0.25) is 0 Å². The second-order valence-electron chi connectivity index (χ2n) is 10.4. The van der Waals surface area contributed by atoms with Gasteiger partial charge in [-0.1, -0.05) is 81.8 Å². The Morgan fingerprint density at radius 2 is 1.66 bits per heavy atom. The SMILES string of the molecule is CC[N+](CC)(CCOCCOC1(CC(C)C)C=CC(CC(C)C)=CC1)Cc1ccccc1. The minimum atomic E-state index is -0.169. The van der Waals surface area contributed by atoms with Gasteiger partial charge in [0.25, 0.3) is 0 Å². The van der Waals surface area contributed by atoms with Crippen LogP contribution >= 0.6 is 0 Å². The van der Waals surface area contributed by atoms with Gasteiger partial charge < -0.3 is 14.0 Å². The summed E-state index contributed by atoms with van der Waals surface area (Å²) in [5.74, 6) is 1.29. The molecule has 0 radical (unpaired) electrons. The molecule has 0 aromatic heterocycles. The number of benzene rings is 1. The summed E-state index contributed by atoms with van der Waals surface area (Å²) in [5, 5.41) is 0. The van der Waals surface area contributed by atoms with E-state index < -0.39 is 0 Å². The van der Waals surface area contributed by atoms with Crippen molar-refractivity contribution in [3.05, 3.63) is 59.7 Å². The molecule has 0 spiro atoms. The highest BCUT2D eigenvalue weighted by atomic mass is 16.5. The van der Waals surface area contributed by atoms with Gasteiger partial charge in [0.15, 0.2) is 0 Å². The van der Waals surface area contributed by atoms with E-state index in [0.29, 0.717) is 25.0 Å². The van der Waals surface area contributed by atoms with Crippen molar-refractivity contribution in [2.45, 2.75) is 73.0 Å². The molecule has 1 aromatic rings. The predicted molar refractivity (Wildman–Crippen MR) is 137 cm³/mol. The molecule has 0 aliphatic heterocycles. The molecule has 32 heavy (non-hydrogen) atoms. The molecule has 0 saturated carbocycles. The second kappa shape index (κ2) is 13.3. The Morgan fingerprint density at radius 1 is 0.938 bits per heavy atom. The zero-order chi connectivity index (χ0) is 23.5. The van der Waals surface area contributed by atoms with Crippen LogP contribution in [0.2, 0.25) is 0 Å². The molecule has 0 amide bonds. The molecule has 3 nitrogen and oxygen atoms in total. The largest absolute Gasteiger partial charge is 0.373 e. The molecule has 0 fully saturated rings. The summed E-state index contributed by atoms with van der Waals surface area (Å²) >= 11 is 0. The van der Waals surface area contributed by atoms with Crippen molar-refractivity contribution in [1.82, 2.24) is 0 Å². The summed E-state index contributed by atoms with van der Waals surface area (Å²) in [5.41, 5.74) is 2.69. The molecular weight excluding hydrogens is 394 g/mol. The first-order valence-corrected chi connectivity index (χ1v) is 12.8. The zero-order valence-electron chi connectivity index (χ0n) is 21.6. The van der Waals surface area contributed by atoms with Crippen molar-refractivity contribution >= 4 is 0 Å². The fourth-order valence-electron chi connectivity index (χ4n) is 4.81. The number of rotatable bonds is 15. The number of ether oxygens (including phenoxy) is 2. The minimum absolute atomic E-state index is 0.169. The second-order valence-corrected chi connectivity index (χ2v) is 10.4. The summed E-state index contributed by atoms with van der Waals surface area (Å²) in [4.78, 5) is 0. The van der Waals surface area contributed by atoms with Gasteiger partial charge in [-0.3, -0.25) is 0 Å². The molecule has 1 aromatic carbocycles. The lowest BCUT2D eigenvalue weighted by molar-refractivity contribution is -0.938. The molecule has 0 N–H and O–H groups in total. The summed E-state index contributed by atoms with van der Waals surface area (Å²) in [6.07, 6.45) is 10.2. The monoisotopic (exact) mass is 442 g/mol. The molecule has 0 heterocycles. The lowest BCUT2D eigenvalue weighted by atomic mass is 9.83. The fourth-order valence-corrected chi connectivity index (χ4v) is 4.81. The summed E-state index contributed by atoms with van der Waals surface area (Å²) in [6, 6.07) is 10.8. The van der Waals surface area contributed by atoms with Crippen LogP contribution in [-0.4, -0.2) is 49.5 Å². The number of allylic oxidation sites excluding steroid dienone is 2. The van der Waals surface area contributed by atoms with E-state index in [-0.39, 0.29) is 5.60 Å². The van der Waals surface area contributed by atoms with E-state index in [1.165, 1.54) is 11.1 Å². The Kier molecular flexibility index (Phi) is 11.2. The third kappa shape index (κ3) is 8.84. The Bertz CT molecular complexity index is 703. The fraction of sp³-hybridized carbons (Fsp3) is 0.655. The van der Waals surface area contributed by atoms with E-state index in [9.17, 15) is 0 Å². The molecule has 180 valence electrons. The Hall–Kier alpha value is -1.42. The maximum Gasteiger partial charge on any atom is 0.104 e. The zero-order valence-corrected chi connectivity index (χ0v) is 21.6. The first kappa shape index (κ1) is 26.8. The van der Waals surface area contributed by atoms with E-state index in [1.54, 1.807) is 0 Å². The van der Waals surface area contributed by atoms with Gasteiger partial charge in [-0.2, -0.15) is 0 Å². The van der Waals surface area contributed by atoms with Crippen LogP contribution in [0.3, 0.4) is 0 Å². The van der Waals surface area contributed by atoms with Crippen LogP contribution in [0.1, 0.15) is 66.4 Å². The molecule has 1 unspecified atom stereocenters. The molecule has 3 heteroatoms. The van der Waals surface area contributed by atoms with E-state index in [4.69, 9.17) is 9.47 Å². The smallest absolute Gasteiger partial charge is 0.104 e. The summed E-state index contributed by atoms with van der Waals surface area (Å²) < 4.78 is 13.6. The number of hydrogen-bond donors (Lipinski definition) is 0. The van der Waals surface area contributed by atoms with Crippen molar-refractivity contribution in [2.75, 3.05) is 39.5 Å². The van der Waals surface area contributed by atoms with Crippen LogP contribution in [0.15, 0.2) is 54.1 Å². The van der Waals surface area contributed by atoms with Crippen molar-refractivity contribution in [3.8, 4) is 0 Å². The molecule has 1 atom stereocenters. The van der Waals surface area contributed by atoms with Crippen LogP contribution < -0.4 is 0 Å². The van der Waals surface area contributed by atoms with Crippen LogP contribution in [0.5, 0.6) is 0 Å². The van der Waals surface area contributed by atoms with Gasteiger partial charge >= 0.3 is 0 Å². The topological polar surface area (TPSA) is 18.5 Å². The average molecular weight is 443 g/mol. The van der Waals surface area contributed by atoms with Crippen LogP contribution in [0, 0.1) is 11.8 Å². The third-order valence-electron chi connectivity index (χ3n) is 6.74. The van der Waals surface area contributed by atoms with Gasteiger partial charge in [-0.25, -0.2) is 0 Å². The van der Waals surface area contributed by atoms with Crippen molar-refractivity contribution in [2.24, 2.45) is 11.8 Å². The maximum absolute atomic E-state index is 6.45. The van der Waals surface area contributed by atoms with Crippen LogP contribution in [-0.2, 0) is 16.0 Å². The van der Waals surface area contributed by atoms with Crippen molar-refractivity contribution in [1.29, 1.82) is 0 Å². The van der Waals surface area contributed by atoms with Crippen molar-refractivity contribution < 1.29 is 14.0 Å². The quantitative estimate of drug-likeness (QED) is 0.220. The van der Waals surface area contributed by atoms with Crippen LogP contribution in [0.25, 0.3) is 0 Å². The Labute approximate surface area is 198 Å². The van der Waals surface area contributed by atoms with Gasteiger partial charge in [0.1, 0.15) is 13.1 Å². The van der Waals surface area contributed by atoms with Gasteiger partial charge in [-0.15, -0.1) is 0 Å². The van der Waals surface area contributed by atoms with E-state index in [0.717, 1.165) is 56.5 Å². The van der Waals surface area contributed by atoms with Gasteiger partial charge in [0.05, 0.1) is 38.5 Å². The van der Waals surface area contributed by atoms with Crippen molar-refractivity contribution in [3.63, 3.8) is 0 Å². The lowest BCUT2D eigenvalue weighted by Gasteiger charge is -2.37. The summed E-state index contributed by atoms with van der Waals surface area (Å²) in [7, 11) is 0. The molecule has 2 rings (SSSR count). The Morgan fingerprint density at radius 3 is 2.22 bits per heavy atom. The average Bonchev–Trinajstić information content (AvgIpc) is 2.77. The van der Waals surface area contributed by atoms with Gasteiger partial charge in [0, 0.05) is 5.56 Å². The standard InChI is InChI=1S/C29H48NO2/c1-7-30(8-2,24-28-12-10-9-11-13-28)18-19-31-20-21-32-29(23-26(5)6)16-14-27(15-17-29)22-25(3)4/h9-16,25-26H,7-8,17-24H2,1-6H3/q+1. The molecular formula is C29H48NO2+. The van der Waals surface area contributed by atoms with E-state index in [2.05, 4.69) is 90.1 Å². The highest BCUT2D eigenvalue weighted by Gasteiger charge is 2.30. The third-order valence-corrected chi connectivity index (χ3v) is 6.74. The maximum atomic E-state index is 6.45. The molecule has 1 aliphatic rings. The highest BCUT2D eigenvalue weighted by molar-refractivity contribution is 5.28. The number of hydrogen-bond acceptors (Lipinski definition) is 2. The number of likely N-dealkylation sites (N-methyl/N-ethyl adjacent to an activating group) is 1. The van der Waals surface area contributed by atoms with Crippen LogP contribution in [0.4, 0.5) is 0 Å². The number of nitrogens with zero attached hydrogens (tertiary/aromatic N) is 1. The minimum Gasteiger partial charge on any atom is -0.373 e. The normalized spacial score (nSPS) is 19.1. The van der Waals surface area contributed by atoms with E-state index >= 15 is 0 Å². The first-order valence-electron chi connectivity index (χ1n) is 12.8. The summed E-state index contributed by atoms with van der Waals surface area (Å²) in [6.45, 7) is 20.2. The van der Waals surface area contributed by atoms with E-state index in [1.807, 2.05) is 0 Å². The predicted octanol–water partition coefficient (Wildman–Crippen LogP) is 6.79. The number of quaternary nitrogens is 1. The highest BCUT2D eigenvalue weighted by Crippen LogP contribution is 2.33. The first-order chi connectivity index (χ1) is 15.3. The molecule has 0 bridgehead atoms. The van der Waals surface area contributed by atoms with Gasteiger partial charge in [-0.05, 0) is 44.9 Å². The Balaban J connectivity index is 1.80. The lowest BCUT2D eigenvalue weighted by Crippen LogP contribution is -2.49.